The number of anilines is 1. The van der Waals surface area contributed by atoms with E-state index in [-0.39, 0.29) is 5.91 Å². The Labute approximate surface area is 132 Å². The van der Waals surface area contributed by atoms with Gasteiger partial charge in [0.2, 0.25) is 5.91 Å². The van der Waals surface area contributed by atoms with Crippen LogP contribution in [0.25, 0.3) is 5.69 Å². The second kappa shape index (κ2) is 6.39. The van der Waals surface area contributed by atoms with Crippen molar-refractivity contribution in [3.63, 3.8) is 0 Å². The SMILES string of the molecule is Cc1cc(-n2cccc2)cc(C)c1NC(=O)CC1CCCC1. The van der Waals surface area contributed by atoms with E-state index in [0.29, 0.717) is 12.3 Å². The fraction of sp³-hybridized carbons (Fsp3) is 0.421. The molecule has 1 fully saturated rings. The predicted molar refractivity (Wildman–Crippen MR) is 90.4 cm³/mol. The molecule has 1 aliphatic rings. The van der Waals surface area contributed by atoms with Gasteiger partial charge in [-0.3, -0.25) is 4.79 Å². The highest BCUT2D eigenvalue weighted by molar-refractivity contribution is 5.92. The Kier molecular flexibility index (Phi) is 4.32. The van der Waals surface area contributed by atoms with Gasteiger partial charge in [0.15, 0.2) is 0 Å². The lowest BCUT2D eigenvalue weighted by Crippen LogP contribution is -2.16. The van der Waals surface area contributed by atoms with Gasteiger partial charge in [-0.25, -0.2) is 0 Å². The molecule has 22 heavy (non-hydrogen) atoms. The molecule has 1 N–H and O–H groups in total. The Morgan fingerprint density at radius 2 is 1.73 bits per heavy atom. The summed E-state index contributed by atoms with van der Waals surface area (Å²) in [5.74, 6) is 0.742. The Hall–Kier alpha value is -2.03. The number of hydrogen-bond donors (Lipinski definition) is 1. The maximum absolute atomic E-state index is 12.3. The van der Waals surface area contributed by atoms with E-state index < -0.39 is 0 Å². The van der Waals surface area contributed by atoms with Gasteiger partial charge in [-0.1, -0.05) is 12.8 Å². The lowest BCUT2D eigenvalue weighted by molar-refractivity contribution is -0.117. The van der Waals surface area contributed by atoms with Crippen molar-refractivity contribution in [3.8, 4) is 5.69 Å². The van der Waals surface area contributed by atoms with E-state index in [1.54, 1.807) is 0 Å². The first kappa shape index (κ1) is 14.9. The van der Waals surface area contributed by atoms with E-state index in [0.717, 1.165) is 22.5 Å². The zero-order valence-electron chi connectivity index (χ0n) is 13.4. The molecule has 0 aliphatic heterocycles. The third-order valence-corrected chi connectivity index (χ3v) is 4.63. The van der Waals surface area contributed by atoms with E-state index in [2.05, 4.69) is 35.9 Å². The van der Waals surface area contributed by atoms with Gasteiger partial charge in [0, 0.05) is 30.2 Å². The molecule has 1 heterocycles. The lowest BCUT2D eigenvalue weighted by Gasteiger charge is -2.16. The first-order valence-corrected chi connectivity index (χ1v) is 8.18. The van der Waals surface area contributed by atoms with Crippen LogP contribution in [0.3, 0.4) is 0 Å². The van der Waals surface area contributed by atoms with Crippen LogP contribution >= 0.6 is 0 Å². The highest BCUT2D eigenvalue weighted by Crippen LogP contribution is 2.29. The first-order valence-electron chi connectivity index (χ1n) is 8.18. The number of benzene rings is 1. The van der Waals surface area contributed by atoms with Crippen LogP contribution in [0, 0.1) is 19.8 Å². The average molecular weight is 296 g/mol. The quantitative estimate of drug-likeness (QED) is 0.878. The van der Waals surface area contributed by atoms with Crippen molar-refractivity contribution in [2.75, 3.05) is 5.32 Å². The minimum atomic E-state index is 0.159. The van der Waals surface area contributed by atoms with Crippen LogP contribution in [-0.4, -0.2) is 10.5 Å². The second-order valence-electron chi connectivity index (χ2n) is 6.45. The summed E-state index contributed by atoms with van der Waals surface area (Å²) in [5, 5.41) is 3.13. The normalized spacial score (nSPS) is 15.2. The summed E-state index contributed by atoms with van der Waals surface area (Å²) in [6.07, 6.45) is 9.70. The average Bonchev–Trinajstić information content (AvgIpc) is 3.15. The largest absolute Gasteiger partial charge is 0.326 e. The van der Waals surface area contributed by atoms with Crippen molar-refractivity contribution >= 4 is 11.6 Å². The van der Waals surface area contributed by atoms with Gasteiger partial charge >= 0.3 is 0 Å². The molecule has 1 aromatic heterocycles. The van der Waals surface area contributed by atoms with Crippen LogP contribution in [0.4, 0.5) is 5.69 Å². The Bertz CT molecular complexity index is 629. The fourth-order valence-corrected chi connectivity index (χ4v) is 3.46. The van der Waals surface area contributed by atoms with E-state index in [1.165, 1.54) is 25.7 Å². The van der Waals surface area contributed by atoms with E-state index in [1.807, 2.05) is 24.5 Å². The van der Waals surface area contributed by atoms with Crippen LogP contribution in [0.2, 0.25) is 0 Å². The van der Waals surface area contributed by atoms with Crippen LogP contribution in [-0.2, 0) is 4.79 Å². The molecule has 1 aliphatic carbocycles. The summed E-state index contributed by atoms with van der Waals surface area (Å²) < 4.78 is 2.09. The van der Waals surface area contributed by atoms with Gasteiger partial charge in [0.25, 0.3) is 0 Å². The van der Waals surface area contributed by atoms with E-state index in [4.69, 9.17) is 0 Å². The molecule has 0 radical (unpaired) electrons. The van der Waals surface area contributed by atoms with Crippen molar-refractivity contribution in [3.05, 3.63) is 47.8 Å². The number of aromatic nitrogens is 1. The van der Waals surface area contributed by atoms with Crippen molar-refractivity contribution < 1.29 is 4.79 Å². The van der Waals surface area contributed by atoms with Gasteiger partial charge in [-0.05, 0) is 68.0 Å². The molecule has 3 heteroatoms. The van der Waals surface area contributed by atoms with Crippen molar-refractivity contribution in [2.24, 2.45) is 5.92 Å². The minimum absolute atomic E-state index is 0.159. The van der Waals surface area contributed by atoms with Crippen molar-refractivity contribution in [1.29, 1.82) is 0 Å². The topological polar surface area (TPSA) is 34.0 Å². The van der Waals surface area contributed by atoms with Crippen molar-refractivity contribution in [2.45, 2.75) is 46.0 Å². The fourth-order valence-electron chi connectivity index (χ4n) is 3.46. The number of amides is 1. The monoisotopic (exact) mass is 296 g/mol. The molecular formula is C19H24N2O. The smallest absolute Gasteiger partial charge is 0.224 e. The minimum Gasteiger partial charge on any atom is -0.326 e. The third kappa shape index (κ3) is 3.24. The maximum atomic E-state index is 12.3. The molecular weight excluding hydrogens is 272 g/mol. The Balaban J connectivity index is 1.74. The van der Waals surface area contributed by atoms with Gasteiger partial charge < -0.3 is 9.88 Å². The Morgan fingerprint density at radius 3 is 2.32 bits per heavy atom. The highest BCUT2D eigenvalue weighted by atomic mass is 16.1. The number of rotatable bonds is 4. The van der Waals surface area contributed by atoms with Crippen LogP contribution < -0.4 is 5.32 Å². The van der Waals surface area contributed by atoms with Crippen LogP contribution in [0.1, 0.15) is 43.2 Å². The molecule has 0 spiro atoms. The molecule has 0 atom stereocenters. The van der Waals surface area contributed by atoms with Crippen LogP contribution in [0.5, 0.6) is 0 Å². The summed E-state index contributed by atoms with van der Waals surface area (Å²) in [6.45, 7) is 4.12. The predicted octanol–water partition coefficient (Wildman–Crippen LogP) is 4.61. The number of nitrogens with one attached hydrogen (secondary N) is 1. The third-order valence-electron chi connectivity index (χ3n) is 4.63. The number of nitrogens with zero attached hydrogens (tertiary/aromatic N) is 1. The number of aryl methyl sites for hydroxylation is 2. The maximum Gasteiger partial charge on any atom is 0.224 e. The van der Waals surface area contributed by atoms with E-state index >= 15 is 0 Å². The van der Waals surface area contributed by atoms with Crippen LogP contribution in [0.15, 0.2) is 36.7 Å². The number of carbonyl (C=O) groups excluding carboxylic acids is 1. The molecule has 0 bridgehead atoms. The zero-order valence-corrected chi connectivity index (χ0v) is 13.4. The molecule has 0 saturated heterocycles. The summed E-state index contributed by atoms with van der Waals surface area (Å²) in [7, 11) is 0. The molecule has 1 saturated carbocycles. The molecule has 116 valence electrons. The number of carbonyl (C=O) groups is 1. The lowest BCUT2D eigenvalue weighted by atomic mass is 10.0. The first-order chi connectivity index (χ1) is 10.6. The van der Waals surface area contributed by atoms with Gasteiger partial charge in [-0.15, -0.1) is 0 Å². The summed E-state index contributed by atoms with van der Waals surface area (Å²) in [6, 6.07) is 8.28. The Morgan fingerprint density at radius 1 is 1.14 bits per heavy atom. The van der Waals surface area contributed by atoms with E-state index in [9.17, 15) is 4.79 Å². The number of hydrogen-bond acceptors (Lipinski definition) is 1. The van der Waals surface area contributed by atoms with Gasteiger partial charge in [0.05, 0.1) is 0 Å². The van der Waals surface area contributed by atoms with Gasteiger partial charge in [-0.2, -0.15) is 0 Å². The molecule has 0 unspecified atom stereocenters. The van der Waals surface area contributed by atoms with Gasteiger partial charge in [0.1, 0.15) is 0 Å². The molecule has 1 amide bonds. The van der Waals surface area contributed by atoms with Crippen molar-refractivity contribution in [1.82, 2.24) is 4.57 Å². The summed E-state index contributed by atoms with van der Waals surface area (Å²) in [4.78, 5) is 12.3. The molecule has 1 aromatic carbocycles. The summed E-state index contributed by atoms with van der Waals surface area (Å²) >= 11 is 0. The highest BCUT2D eigenvalue weighted by Gasteiger charge is 2.19. The summed E-state index contributed by atoms with van der Waals surface area (Å²) in [5.41, 5.74) is 4.33. The zero-order chi connectivity index (χ0) is 15.5. The molecule has 3 rings (SSSR count). The second-order valence-corrected chi connectivity index (χ2v) is 6.45. The molecule has 2 aromatic rings. The standard InChI is InChI=1S/C19H24N2O/c1-14-11-17(21-9-5-6-10-21)12-15(2)19(14)20-18(22)13-16-7-3-4-8-16/h5-6,9-12,16H,3-4,7-8,13H2,1-2H3,(H,20,22). The molecule has 3 nitrogen and oxygen atoms in total.